The summed E-state index contributed by atoms with van der Waals surface area (Å²) < 4.78 is 14.9. The number of aromatic nitrogens is 2. The minimum absolute atomic E-state index is 0. The van der Waals surface area contributed by atoms with Crippen LogP contribution in [-0.4, -0.2) is 22.0 Å². The number of hydrogen-bond acceptors (Lipinski definition) is 5. The zero-order valence-electron chi connectivity index (χ0n) is 14.6. The predicted octanol–water partition coefficient (Wildman–Crippen LogP) is 4.89. The molecule has 5 rings (SSSR count). The fourth-order valence-corrected chi connectivity index (χ4v) is 4.95. The second kappa shape index (κ2) is 6.95. The molecule has 2 aromatic heterocycles. The van der Waals surface area contributed by atoms with Gasteiger partial charge in [-0.15, -0.1) is 12.4 Å². The van der Waals surface area contributed by atoms with Gasteiger partial charge < -0.3 is 10.3 Å². The van der Waals surface area contributed by atoms with Crippen LogP contribution in [-0.2, 0) is 4.79 Å². The molecule has 1 fully saturated rings. The van der Waals surface area contributed by atoms with Crippen LogP contribution in [0.25, 0.3) is 31.6 Å². The lowest BCUT2D eigenvalue weighted by Crippen LogP contribution is -2.14. The molecule has 144 valence electrons. The normalized spacial score (nSPS) is 18.2. The Morgan fingerprint density at radius 3 is 2.79 bits per heavy atom. The number of aromatic amines is 1. The number of nitrogens with zero attached hydrogens (tertiary/aromatic N) is 1. The van der Waals surface area contributed by atoms with E-state index in [2.05, 4.69) is 15.3 Å². The number of halogens is 2. The first-order chi connectivity index (χ1) is 13.0. The van der Waals surface area contributed by atoms with Gasteiger partial charge in [0, 0.05) is 0 Å². The maximum atomic E-state index is 13.0. The van der Waals surface area contributed by atoms with Crippen molar-refractivity contribution < 1.29 is 9.18 Å². The monoisotopic (exact) mass is 435 g/mol. The minimum Gasteiger partial charge on any atom is -0.312 e. The summed E-state index contributed by atoms with van der Waals surface area (Å²) >= 11 is 2.58. The van der Waals surface area contributed by atoms with E-state index in [1.807, 2.05) is 37.3 Å². The zero-order chi connectivity index (χ0) is 18.7. The molecule has 0 unspecified atom stereocenters. The second-order valence-corrected chi connectivity index (χ2v) is 8.72. The molecule has 2 N–H and O–H groups in total. The third-order valence-corrected chi connectivity index (χ3v) is 6.62. The van der Waals surface area contributed by atoms with E-state index in [0.29, 0.717) is 11.6 Å². The van der Waals surface area contributed by atoms with Crippen LogP contribution in [0.15, 0.2) is 35.1 Å². The molecule has 0 aliphatic heterocycles. The fourth-order valence-electron chi connectivity index (χ4n) is 3.25. The van der Waals surface area contributed by atoms with Crippen molar-refractivity contribution in [3.63, 3.8) is 0 Å². The topological polar surface area (TPSA) is 74.8 Å². The molecule has 0 saturated heterocycles. The van der Waals surface area contributed by atoms with Gasteiger partial charge in [-0.05, 0) is 48.2 Å². The molecule has 2 aromatic carbocycles. The largest absolute Gasteiger partial charge is 0.312 e. The van der Waals surface area contributed by atoms with Crippen LogP contribution >= 0.6 is 35.1 Å². The van der Waals surface area contributed by atoms with Gasteiger partial charge in [0.1, 0.15) is 6.17 Å². The molecule has 1 aliphatic rings. The summed E-state index contributed by atoms with van der Waals surface area (Å²) in [7, 11) is 0. The molecule has 9 heteroatoms. The Morgan fingerprint density at radius 1 is 1.25 bits per heavy atom. The van der Waals surface area contributed by atoms with Gasteiger partial charge in [-0.3, -0.25) is 9.59 Å². The number of fused-ring (bicyclic) bond motifs is 2. The number of H-pyrrole nitrogens is 1. The van der Waals surface area contributed by atoms with Crippen molar-refractivity contribution in [1.29, 1.82) is 0 Å². The van der Waals surface area contributed by atoms with Gasteiger partial charge in [-0.1, -0.05) is 34.8 Å². The Kier molecular flexibility index (Phi) is 4.73. The van der Waals surface area contributed by atoms with E-state index in [9.17, 15) is 14.0 Å². The van der Waals surface area contributed by atoms with Crippen LogP contribution in [0.3, 0.4) is 0 Å². The number of rotatable bonds is 3. The fraction of sp³-hybridized carbons (Fsp3) is 0.211. The highest BCUT2D eigenvalue weighted by Gasteiger charge is 2.43. The number of carbonyl (C=O) groups is 1. The highest BCUT2D eigenvalue weighted by atomic mass is 35.5. The number of thiazole rings is 2. The Hall–Kier alpha value is -2.29. The standard InChI is InChI=1S/C19H14FN3O2S2.ClH/c1-8-10(3-5-14-16(8)22-19(25)27-14)9-2-4-13-15(6-9)26-18(21-13)23-17(24)11-7-12(11)20;/h2-6,11-12H,7H2,1H3,(H,22,25)(H,21,23,24);1H/t11-,12+;/m1./s1. The number of carbonyl (C=O) groups excluding carboxylic acids is 1. The minimum atomic E-state index is -1.02. The molecule has 1 amide bonds. The predicted molar refractivity (Wildman–Crippen MR) is 115 cm³/mol. The highest BCUT2D eigenvalue weighted by Crippen LogP contribution is 2.37. The lowest BCUT2D eigenvalue weighted by molar-refractivity contribution is -0.117. The summed E-state index contributed by atoms with van der Waals surface area (Å²) in [6.45, 7) is 1.99. The first kappa shape index (κ1) is 19.0. The molecule has 2 atom stereocenters. The van der Waals surface area contributed by atoms with E-state index in [1.165, 1.54) is 22.7 Å². The summed E-state index contributed by atoms with van der Waals surface area (Å²) in [6.07, 6.45) is -0.722. The molecule has 28 heavy (non-hydrogen) atoms. The van der Waals surface area contributed by atoms with Gasteiger partial charge >= 0.3 is 4.87 Å². The lowest BCUT2D eigenvalue weighted by Gasteiger charge is -2.07. The van der Waals surface area contributed by atoms with E-state index >= 15 is 0 Å². The van der Waals surface area contributed by atoms with Gasteiger partial charge in [-0.2, -0.15) is 0 Å². The van der Waals surface area contributed by atoms with Crippen LogP contribution in [0.4, 0.5) is 9.52 Å². The van der Waals surface area contributed by atoms with E-state index in [0.717, 1.165) is 37.1 Å². The molecule has 0 spiro atoms. The number of nitrogens with one attached hydrogen (secondary N) is 2. The van der Waals surface area contributed by atoms with Crippen molar-refractivity contribution in [1.82, 2.24) is 9.97 Å². The molecular weight excluding hydrogens is 421 g/mol. The molecule has 5 nitrogen and oxygen atoms in total. The molecule has 0 bridgehead atoms. The van der Waals surface area contributed by atoms with E-state index < -0.39 is 12.1 Å². The maximum absolute atomic E-state index is 13.0. The number of anilines is 1. The average molecular weight is 436 g/mol. The molecule has 1 saturated carbocycles. The first-order valence-electron chi connectivity index (χ1n) is 8.48. The van der Waals surface area contributed by atoms with Crippen LogP contribution in [0.2, 0.25) is 0 Å². The Balaban J connectivity index is 0.00000192. The summed E-state index contributed by atoms with van der Waals surface area (Å²) in [4.78, 5) is 30.8. The van der Waals surface area contributed by atoms with Gasteiger partial charge in [-0.25, -0.2) is 9.37 Å². The van der Waals surface area contributed by atoms with Crippen molar-refractivity contribution in [2.24, 2.45) is 5.92 Å². The van der Waals surface area contributed by atoms with E-state index in [-0.39, 0.29) is 23.2 Å². The van der Waals surface area contributed by atoms with Crippen molar-refractivity contribution in [2.45, 2.75) is 19.5 Å². The van der Waals surface area contributed by atoms with Gasteiger partial charge in [0.25, 0.3) is 0 Å². The first-order valence-corrected chi connectivity index (χ1v) is 10.1. The van der Waals surface area contributed by atoms with Crippen molar-refractivity contribution in [2.75, 3.05) is 5.32 Å². The maximum Gasteiger partial charge on any atom is 0.305 e. The Labute approximate surface area is 173 Å². The third-order valence-electron chi connectivity index (χ3n) is 4.84. The van der Waals surface area contributed by atoms with Gasteiger partial charge in [0.15, 0.2) is 5.13 Å². The molecule has 0 radical (unpaired) electrons. The van der Waals surface area contributed by atoms with Gasteiger partial charge in [0.05, 0.1) is 26.4 Å². The Bertz CT molecular complexity index is 1280. The van der Waals surface area contributed by atoms with Crippen molar-refractivity contribution in [3.8, 4) is 11.1 Å². The van der Waals surface area contributed by atoms with Crippen LogP contribution in [0.1, 0.15) is 12.0 Å². The number of amides is 1. The van der Waals surface area contributed by atoms with E-state index in [4.69, 9.17) is 0 Å². The van der Waals surface area contributed by atoms with Crippen LogP contribution in [0, 0.1) is 12.8 Å². The number of benzene rings is 2. The van der Waals surface area contributed by atoms with Crippen molar-refractivity contribution >= 4 is 66.6 Å². The highest BCUT2D eigenvalue weighted by molar-refractivity contribution is 7.22. The smallest absolute Gasteiger partial charge is 0.305 e. The zero-order valence-corrected chi connectivity index (χ0v) is 17.1. The van der Waals surface area contributed by atoms with E-state index in [1.54, 1.807) is 0 Å². The number of alkyl halides is 1. The summed E-state index contributed by atoms with van der Waals surface area (Å²) in [6, 6.07) is 9.87. The third kappa shape index (κ3) is 3.21. The summed E-state index contributed by atoms with van der Waals surface area (Å²) in [5.74, 6) is -0.834. The van der Waals surface area contributed by atoms with Crippen molar-refractivity contribution in [3.05, 3.63) is 45.6 Å². The summed E-state index contributed by atoms with van der Waals surface area (Å²) in [5.41, 5.74) is 4.72. The molecule has 4 aromatic rings. The van der Waals surface area contributed by atoms with Crippen LogP contribution < -0.4 is 10.2 Å². The SMILES string of the molecule is Cc1c(-c2ccc3nc(NC(=O)[C@@H]4C[C@@H]4F)sc3c2)ccc2sc(=O)[nH]c12.Cl. The average Bonchev–Trinajstić information content (AvgIpc) is 3.05. The Morgan fingerprint density at radius 2 is 2.04 bits per heavy atom. The quantitative estimate of drug-likeness (QED) is 0.481. The molecule has 1 aliphatic carbocycles. The molecule has 2 heterocycles. The second-order valence-electron chi connectivity index (χ2n) is 6.67. The number of aryl methyl sites for hydroxylation is 1. The van der Waals surface area contributed by atoms with Gasteiger partial charge in [0.2, 0.25) is 5.91 Å². The van der Waals surface area contributed by atoms with Crippen LogP contribution in [0.5, 0.6) is 0 Å². The number of hydrogen-bond donors (Lipinski definition) is 2. The lowest BCUT2D eigenvalue weighted by atomic mass is 10.00. The molecular formula is C19H15ClFN3O2S2. The summed E-state index contributed by atoms with van der Waals surface area (Å²) in [5, 5.41) is 3.20.